The highest BCUT2D eigenvalue weighted by Gasteiger charge is 2.22. The summed E-state index contributed by atoms with van der Waals surface area (Å²) in [5, 5.41) is 0. The number of carbonyl (C=O) groups excluding carboxylic acids is 2. The molecule has 1 amide bonds. The first-order valence-corrected chi connectivity index (χ1v) is 8.78. The van der Waals surface area contributed by atoms with Crippen LogP contribution in [0, 0.1) is 5.82 Å². The zero-order valence-electron chi connectivity index (χ0n) is 16.3. The van der Waals surface area contributed by atoms with Crippen molar-refractivity contribution in [1.29, 1.82) is 0 Å². The van der Waals surface area contributed by atoms with E-state index in [1.54, 1.807) is 26.8 Å². The van der Waals surface area contributed by atoms with Crippen molar-refractivity contribution in [3.63, 3.8) is 0 Å². The van der Waals surface area contributed by atoms with Gasteiger partial charge in [-0.3, -0.25) is 14.6 Å². The van der Waals surface area contributed by atoms with Crippen molar-refractivity contribution < 1.29 is 18.7 Å². The summed E-state index contributed by atoms with van der Waals surface area (Å²) in [5.41, 5.74) is 7.24. The monoisotopic (exact) mass is 372 g/mol. The number of hydrogen-bond acceptors (Lipinski definition) is 4. The Kier molecular flexibility index (Phi) is 5.98. The van der Waals surface area contributed by atoms with E-state index < -0.39 is 23.3 Å². The first-order valence-electron chi connectivity index (χ1n) is 8.78. The Morgan fingerprint density at radius 2 is 1.89 bits per heavy atom. The van der Waals surface area contributed by atoms with Gasteiger partial charge in [0.2, 0.25) is 0 Å². The molecule has 0 atom stereocenters. The van der Waals surface area contributed by atoms with E-state index in [9.17, 15) is 14.0 Å². The molecule has 1 heterocycles. The maximum Gasteiger partial charge on any atom is 0.310 e. The molecule has 0 bridgehead atoms. The number of carbonyl (C=O) groups is 2. The number of amides is 1. The number of nitrogens with zero attached hydrogens (tertiary/aromatic N) is 1. The predicted octanol–water partition coefficient (Wildman–Crippen LogP) is 3.99. The van der Waals surface area contributed by atoms with Crippen LogP contribution in [0.25, 0.3) is 11.1 Å². The number of halogens is 1. The second-order valence-electron chi connectivity index (χ2n) is 7.73. The molecule has 0 aliphatic heterocycles. The minimum atomic E-state index is -0.675. The largest absolute Gasteiger partial charge is 0.460 e. The van der Waals surface area contributed by atoms with Crippen LogP contribution >= 0.6 is 0 Å². The van der Waals surface area contributed by atoms with Gasteiger partial charge in [0.1, 0.15) is 17.1 Å². The first kappa shape index (κ1) is 20.6. The molecule has 0 aliphatic rings. The number of primary amides is 1. The standard InChI is InChI=1S/C21H25FN2O3/c1-12(2)15-9-14(22)10-16(13-6-7-24-18(8-13)20(23)26)17(15)11-19(25)27-21(3,4)5/h6-10,12H,11H2,1-5H3,(H2,23,26). The molecular formula is C21H25FN2O3. The number of rotatable bonds is 5. The zero-order valence-corrected chi connectivity index (χ0v) is 16.3. The molecule has 1 aromatic heterocycles. The highest BCUT2D eigenvalue weighted by Crippen LogP contribution is 2.32. The van der Waals surface area contributed by atoms with E-state index in [0.717, 1.165) is 0 Å². The van der Waals surface area contributed by atoms with E-state index in [-0.39, 0.29) is 18.0 Å². The molecule has 27 heavy (non-hydrogen) atoms. The molecule has 144 valence electrons. The average molecular weight is 372 g/mol. The molecule has 0 unspecified atom stereocenters. The summed E-state index contributed by atoms with van der Waals surface area (Å²) < 4.78 is 19.7. The minimum Gasteiger partial charge on any atom is -0.460 e. The third-order valence-corrected chi connectivity index (χ3v) is 3.94. The normalized spacial score (nSPS) is 11.5. The topological polar surface area (TPSA) is 82.3 Å². The molecule has 0 aliphatic carbocycles. The molecule has 0 saturated carbocycles. The van der Waals surface area contributed by atoms with Gasteiger partial charge in [0, 0.05) is 6.20 Å². The van der Waals surface area contributed by atoms with Gasteiger partial charge in [-0.2, -0.15) is 0 Å². The Balaban J connectivity index is 2.61. The van der Waals surface area contributed by atoms with Crippen LogP contribution in [0.4, 0.5) is 4.39 Å². The van der Waals surface area contributed by atoms with Crippen LogP contribution < -0.4 is 5.73 Å². The van der Waals surface area contributed by atoms with Gasteiger partial charge in [0.25, 0.3) is 5.91 Å². The molecule has 0 spiro atoms. The van der Waals surface area contributed by atoms with E-state index in [1.807, 2.05) is 13.8 Å². The fraction of sp³-hybridized carbons (Fsp3) is 0.381. The summed E-state index contributed by atoms with van der Waals surface area (Å²) in [6, 6.07) is 5.94. The van der Waals surface area contributed by atoms with E-state index in [0.29, 0.717) is 22.3 Å². The van der Waals surface area contributed by atoms with Crippen molar-refractivity contribution in [3.8, 4) is 11.1 Å². The molecule has 1 aromatic carbocycles. The minimum absolute atomic E-state index is 0.00525. The van der Waals surface area contributed by atoms with Crippen LogP contribution in [-0.2, 0) is 16.0 Å². The lowest BCUT2D eigenvalue weighted by Gasteiger charge is -2.22. The van der Waals surface area contributed by atoms with Gasteiger partial charge in [-0.1, -0.05) is 13.8 Å². The third-order valence-electron chi connectivity index (χ3n) is 3.94. The number of aromatic nitrogens is 1. The maximum atomic E-state index is 14.3. The van der Waals surface area contributed by atoms with Crippen molar-refractivity contribution in [3.05, 3.63) is 53.1 Å². The van der Waals surface area contributed by atoms with Gasteiger partial charge in [-0.05, 0) is 73.2 Å². The van der Waals surface area contributed by atoms with Gasteiger partial charge >= 0.3 is 5.97 Å². The molecule has 5 nitrogen and oxygen atoms in total. The lowest BCUT2D eigenvalue weighted by atomic mass is 9.88. The Bertz CT molecular complexity index is 870. The van der Waals surface area contributed by atoms with Crippen LogP contribution in [0.15, 0.2) is 30.5 Å². The second kappa shape index (κ2) is 7.86. The van der Waals surface area contributed by atoms with Crippen molar-refractivity contribution >= 4 is 11.9 Å². The lowest BCUT2D eigenvalue weighted by Crippen LogP contribution is -2.25. The number of benzene rings is 1. The molecule has 0 radical (unpaired) electrons. The Labute approximate surface area is 158 Å². The fourth-order valence-electron chi connectivity index (χ4n) is 2.88. The third kappa shape index (κ3) is 5.36. The Morgan fingerprint density at radius 1 is 1.22 bits per heavy atom. The number of nitrogens with two attached hydrogens (primary N) is 1. The van der Waals surface area contributed by atoms with Crippen LogP contribution in [0.2, 0.25) is 0 Å². The Hall–Kier alpha value is -2.76. The molecule has 6 heteroatoms. The van der Waals surface area contributed by atoms with E-state index >= 15 is 0 Å². The van der Waals surface area contributed by atoms with E-state index in [2.05, 4.69) is 4.98 Å². The summed E-state index contributed by atoms with van der Waals surface area (Å²) in [6.07, 6.45) is 1.43. The summed E-state index contributed by atoms with van der Waals surface area (Å²) in [5.74, 6) is -1.50. The van der Waals surface area contributed by atoms with Crippen LogP contribution in [-0.4, -0.2) is 22.5 Å². The van der Waals surface area contributed by atoms with Gasteiger partial charge in [-0.15, -0.1) is 0 Å². The van der Waals surface area contributed by atoms with Crippen molar-refractivity contribution in [2.45, 2.75) is 52.6 Å². The number of esters is 1. The van der Waals surface area contributed by atoms with Crippen molar-refractivity contribution in [2.24, 2.45) is 5.73 Å². The second-order valence-corrected chi connectivity index (χ2v) is 7.73. The summed E-state index contributed by atoms with van der Waals surface area (Å²) in [7, 11) is 0. The quantitative estimate of drug-likeness (QED) is 0.805. The van der Waals surface area contributed by atoms with Crippen LogP contribution in [0.1, 0.15) is 62.2 Å². The van der Waals surface area contributed by atoms with Gasteiger partial charge in [0.05, 0.1) is 6.42 Å². The smallest absolute Gasteiger partial charge is 0.310 e. The number of pyridine rings is 1. The van der Waals surface area contributed by atoms with Gasteiger partial charge in [-0.25, -0.2) is 4.39 Å². The maximum absolute atomic E-state index is 14.3. The van der Waals surface area contributed by atoms with Gasteiger partial charge < -0.3 is 10.5 Å². The summed E-state index contributed by atoms with van der Waals surface area (Å²) in [6.45, 7) is 9.24. The number of ether oxygens (including phenoxy) is 1. The highest BCUT2D eigenvalue weighted by atomic mass is 19.1. The van der Waals surface area contributed by atoms with Crippen molar-refractivity contribution in [2.75, 3.05) is 0 Å². The molecule has 0 saturated heterocycles. The molecule has 0 fully saturated rings. The molecule has 2 rings (SSSR count). The lowest BCUT2D eigenvalue weighted by molar-refractivity contribution is -0.153. The molecule has 2 aromatic rings. The van der Waals surface area contributed by atoms with Gasteiger partial charge in [0.15, 0.2) is 0 Å². The number of hydrogen-bond donors (Lipinski definition) is 1. The first-order chi connectivity index (χ1) is 12.5. The van der Waals surface area contributed by atoms with E-state index in [4.69, 9.17) is 10.5 Å². The predicted molar refractivity (Wildman–Crippen MR) is 102 cm³/mol. The van der Waals surface area contributed by atoms with Crippen LogP contribution in [0.5, 0.6) is 0 Å². The fourth-order valence-corrected chi connectivity index (χ4v) is 2.88. The molecule has 2 N–H and O–H groups in total. The average Bonchev–Trinajstić information content (AvgIpc) is 2.54. The SMILES string of the molecule is CC(C)c1cc(F)cc(-c2ccnc(C(N)=O)c2)c1CC(=O)OC(C)(C)C. The van der Waals surface area contributed by atoms with E-state index in [1.165, 1.54) is 24.4 Å². The van der Waals surface area contributed by atoms with Crippen molar-refractivity contribution in [1.82, 2.24) is 4.98 Å². The van der Waals surface area contributed by atoms with Crippen LogP contribution in [0.3, 0.4) is 0 Å². The zero-order chi connectivity index (χ0) is 20.4. The molecular weight excluding hydrogens is 347 g/mol. The highest BCUT2D eigenvalue weighted by molar-refractivity contribution is 5.92. The summed E-state index contributed by atoms with van der Waals surface area (Å²) in [4.78, 5) is 27.8. The summed E-state index contributed by atoms with van der Waals surface area (Å²) >= 11 is 0. The Morgan fingerprint density at radius 3 is 2.44 bits per heavy atom.